The lowest BCUT2D eigenvalue weighted by atomic mass is 10.1. The van der Waals surface area contributed by atoms with E-state index >= 15 is 0 Å². The van der Waals surface area contributed by atoms with Crippen molar-refractivity contribution in [3.8, 4) is 11.8 Å². The van der Waals surface area contributed by atoms with E-state index in [1.165, 1.54) is 0 Å². The number of nitrogens with zero attached hydrogens (tertiary/aromatic N) is 2. The molecule has 1 aliphatic rings. The van der Waals surface area contributed by atoms with Gasteiger partial charge in [-0.2, -0.15) is 5.26 Å². The first-order valence-electron chi connectivity index (χ1n) is 5.11. The first-order valence-corrected chi connectivity index (χ1v) is 5.11. The Morgan fingerprint density at radius 2 is 2.12 bits per heavy atom. The summed E-state index contributed by atoms with van der Waals surface area (Å²) in [6.07, 6.45) is 0.612. The van der Waals surface area contributed by atoms with Gasteiger partial charge < -0.3 is 9.64 Å². The van der Waals surface area contributed by atoms with Crippen LogP contribution < -0.4 is 9.64 Å². The number of hydrogen-bond donors (Lipinski definition) is 0. The average molecular weight is 216 g/mol. The zero-order valence-electron chi connectivity index (χ0n) is 9.01. The molecule has 1 aromatic carbocycles. The molecule has 0 spiro atoms. The molecule has 0 saturated carbocycles. The first kappa shape index (κ1) is 10.5. The Bertz CT molecular complexity index is 433. The normalized spacial score (nSPS) is 19.6. The Labute approximate surface area is 94.0 Å². The van der Waals surface area contributed by atoms with Gasteiger partial charge in [0, 0.05) is 12.2 Å². The second-order valence-electron chi connectivity index (χ2n) is 3.66. The molecule has 1 amide bonds. The molecule has 0 bridgehead atoms. The maximum atomic E-state index is 11.8. The monoisotopic (exact) mass is 216 g/mol. The smallest absolute Gasteiger partial charge is 0.244 e. The van der Waals surface area contributed by atoms with Crippen molar-refractivity contribution >= 4 is 11.6 Å². The van der Waals surface area contributed by atoms with Crippen LogP contribution in [0.15, 0.2) is 24.3 Å². The Balaban J connectivity index is 2.20. The highest BCUT2D eigenvalue weighted by Crippen LogP contribution is 2.26. The van der Waals surface area contributed by atoms with Crippen LogP contribution in [0, 0.1) is 17.2 Å². The number of methoxy groups -OCH3 is 1. The SMILES string of the molecule is COc1ccc(N2CCC(C#N)C2=O)cc1. The van der Waals surface area contributed by atoms with Gasteiger partial charge in [0.05, 0.1) is 13.2 Å². The van der Waals surface area contributed by atoms with Gasteiger partial charge in [-0.3, -0.25) is 4.79 Å². The molecule has 82 valence electrons. The fourth-order valence-corrected chi connectivity index (χ4v) is 1.82. The maximum Gasteiger partial charge on any atom is 0.244 e. The van der Waals surface area contributed by atoms with Gasteiger partial charge in [0.15, 0.2) is 0 Å². The second-order valence-corrected chi connectivity index (χ2v) is 3.66. The van der Waals surface area contributed by atoms with Crippen LogP contribution in [-0.4, -0.2) is 19.6 Å². The molecule has 1 unspecified atom stereocenters. The summed E-state index contributed by atoms with van der Waals surface area (Å²) in [6.45, 7) is 0.614. The molecule has 1 aliphatic heterocycles. The van der Waals surface area contributed by atoms with Crippen LogP contribution in [0.2, 0.25) is 0 Å². The minimum Gasteiger partial charge on any atom is -0.497 e. The van der Waals surface area contributed by atoms with Crippen molar-refractivity contribution < 1.29 is 9.53 Å². The van der Waals surface area contributed by atoms with Crippen molar-refractivity contribution in [3.63, 3.8) is 0 Å². The Hall–Kier alpha value is -2.02. The molecule has 4 heteroatoms. The zero-order valence-corrected chi connectivity index (χ0v) is 9.01. The summed E-state index contributed by atoms with van der Waals surface area (Å²) in [4.78, 5) is 13.4. The van der Waals surface area contributed by atoms with E-state index in [1.807, 2.05) is 30.3 Å². The van der Waals surface area contributed by atoms with Gasteiger partial charge in [-0.15, -0.1) is 0 Å². The van der Waals surface area contributed by atoms with E-state index in [-0.39, 0.29) is 5.91 Å². The third-order valence-corrected chi connectivity index (χ3v) is 2.75. The predicted molar refractivity (Wildman–Crippen MR) is 59.1 cm³/mol. The number of carbonyl (C=O) groups excluding carboxylic acids is 1. The summed E-state index contributed by atoms with van der Waals surface area (Å²) in [5.41, 5.74) is 0.823. The van der Waals surface area contributed by atoms with E-state index in [1.54, 1.807) is 12.0 Å². The van der Waals surface area contributed by atoms with E-state index in [0.29, 0.717) is 13.0 Å². The highest BCUT2D eigenvalue weighted by atomic mass is 16.5. The van der Waals surface area contributed by atoms with Crippen LogP contribution >= 0.6 is 0 Å². The number of amides is 1. The summed E-state index contributed by atoms with van der Waals surface area (Å²) in [5.74, 6) is 0.169. The summed E-state index contributed by atoms with van der Waals surface area (Å²) in [5, 5.41) is 8.77. The summed E-state index contributed by atoms with van der Waals surface area (Å²) in [6, 6.07) is 9.30. The summed E-state index contributed by atoms with van der Waals surface area (Å²) in [7, 11) is 1.60. The lowest BCUT2D eigenvalue weighted by Gasteiger charge is -2.15. The molecule has 1 fully saturated rings. The van der Waals surface area contributed by atoms with Gasteiger partial charge in [-0.05, 0) is 30.7 Å². The van der Waals surface area contributed by atoms with Crippen molar-refractivity contribution in [1.82, 2.24) is 0 Å². The molecule has 2 rings (SSSR count). The number of nitriles is 1. The van der Waals surface area contributed by atoms with Crippen LogP contribution in [0.3, 0.4) is 0 Å². The summed E-state index contributed by atoms with van der Waals surface area (Å²) < 4.78 is 5.05. The van der Waals surface area contributed by atoms with Crippen LogP contribution in [0.1, 0.15) is 6.42 Å². The molecule has 1 atom stereocenters. The fraction of sp³-hybridized carbons (Fsp3) is 0.333. The Kier molecular flexibility index (Phi) is 2.78. The van der Waals surface area contributed by atoms with Crippen molar-refractivity contribution in [3.05, 3.63) is 24.3 Å². The first-order chi connectivity index (χ1) is 7.76. The van der Waals surface area contributed by atoms with E-state index in [4.69, 9.17) is 10.00 Å². The topological polar surface area (TPSA) is 53.3 Å². The van der Waals surface area contributed by atoms with Crippen molar-refractivity contribution in [2.75, 3.05) is 18.6 Å². The number of hydrogen-bond acceptors (Lipinski definition) is 3. The molecule has 0 N–H and O–H groups in total. The quantitative estimate of drug-likeness (QED) is 0.754. The van der Waals surface area contributed by atoms with E-state index < -0.39 is 5.92 Å². The second kappa shape index (κ2) is 4.23. The minimum atomic E-state index is -0.484. The van der Waals surface area contributed by atoms with Gasteiger partial charge in [-0.25, -0.2) is 0 Å². The molecule has 1 aromatic rings. The molecule has 0 aliphatic carbocycles. The number of rotatable bonds is 2. The molecule has 16 heavy (non-hydrogen) atoms. The molecule has 1 saturated heterocycles. The molecule has 1 heterocycles. The maximum absolute atomic E-state index is 11.8. The predicted octanol–water partition coefficient (Wildman–Crippen LogP) is 1.57. The molecular formula is C12H12N2O2. The van der Waals surface area contributed by atoms with E-state index in [2.05, 4.69) is 0 Å². The van der Waals surface area contributed by atoms with Gasteiger partial charge in [0.2, 0.25) is 5.91 Å². The van der Waals surface area contributed by atoms with Gasteiger partial charge in [0.1, 0.15) is 11.7 Å². The summed E-state index contributed by atoms with van der Waals surface area (Å²) >= 11 is 0. The molecule has 4 nitrogen and oxygen atoms in total. The van der Waals surface area contributed by atoms with Gasteiger partial charge in [-0.1, -0.05) is 0 Å². The van der Waals surface area contributed by atoms with E-state index in [9.17, 15) is 4.79 Å². The van der Waals surface area contributed by atoms with Crippen molar-refractivity contribution in [1.29, 1.82) is 5.26 Å². The standard InChI is InChI=1S/C12H12N2O2/c1-16-11-4-2-10(3-5-11)14-7-6-9(8-13)12(14)15/h2-5,9H,6-7H2,1H3. The minimum absolute atomic E-state index is 0.104. The van der Waals surface area contributed by atoms with Crippen LogP contribution in [0.4, 0.5) is 5.69 Å². The van der Waals surface area contributed by atoms with Crippen LogP contribution in [0.5, 0.6) is 5.75 Å². The average Bonchev–Trinajstić information content (AvgIpc) is 2.70. The van der Waals surface area contributed by atoms with Crippen LogP contribution in [0.25, 0.3) is 0 Å². The Morgan fingerprint density at radius 3 is 2.62 bits per heavy atom. The number of ether oxygens (including phenoxy) is 1. The highest BCUT2D eigenvalue weighted by molar-refractivity contribution is 5.98. The van der Waals surface area contributed by atoms with Crippen molar-refractivity contribution in [2.24, 2.45) is 5.92 Å². The third-order valence-electron chi connectivity index (χ3n) is 2.75. The third kappa shape index (κ3) is 1.72. The lowest BCUT2D eigenvalue weighted by Crippen LogP contribution is -2.26. The van der Waals surface area contributed by atoms with Crippen molar-refractivity contribution in [2.45, 2.75) is 6.42 Å². The zero-order chi connectivity index (χ0) is 11.5. The fourth-order valence-electron chi connectivity index (χ4n) is 1.82. The van der Waals surface area contributed by atoms with Gasteiger partial charge >= 0.3 is 0 Å². The number of anilines is 1. The number of benzene rings is 1. The highest BCUT2D eigenvalue weighted by Gasteiger charge is 2.32. The molecule has 0 aromatic heterocycles. The van der Waals surface area contributed by atoms with Gasteiger partial charge in [0.25, 0.3) is 0 Å². The Morgan fingerprint density at radius 1 is 1.44 bits per heavy atom. The number of carbonyl (C=O) groups is 1. The molecular weight excluding hydrogens is 204 g/mol. The lowest BCUT2D eigenvalue weighted by molar-refractivity contribution is -0.118. The van der Waals surface area contributed by atoms with E-state index in [0.717, 1.165) is 11.4 Å². The van der Waals surface area contributed by atoms with Crippen LogP contribution in [-0.2, 0) is 4.79 Å². The largest absolute Gasteiger partial charge is 0.497 e. The molecule has 0 radical (unpaired) electrons.